The highest BCUT2D eigenvalue weighted by atomic mass is 16.5. The minimum atomic E-state index is -0.0768. The van der Waals surface area contributed by atoms with Crippen molar-refractivity contribution in [2.75, 3.05) is 13.2 Å². The Morgan fingerprint density at radius 2 is 2.05 bits per heavy atom. The minimum Gasteiger partial charge on any atom is -0.494 e. The maximum absolute atomic E-state index is 9.54. The summed E-state index contributed by atoms with van der Waals surface area (Å²) in [6.07, 6.45) is 4.01. The van der Waals surface area contributed by atoms with E-state index in [0.717, 1.165) is 44.6 Å². The Bertz CT molecular complexity index is 390. The minimum absolute atomic E-state index is 0.0768. The van der Waals surface area contributed by atoms with Gasteiger partial charge in [-0.15, -0.1) is 0 Å². The van der Waals surface area contributed by atoms with Crippen LogP contribution in [0, 0.1) is 5.92 Å². The highest BCUT2D eigenvalue weighted by Gasteiger charge is 2.22. The second-order valence-corrected chi connectivity index (χ2v) is 5.88. The van der Waals surface area contributed by atoms with Crippen molar-refractivity contribution in [2.24, 2.45) is 5.92 Å². The fourth-order valence-corrected chi connectivity index (χ4v) is 2.77. The van der Waals surface area contributed by atoms with Gasteiger partial charge in [0.05, 0.1) is 12.7 Å². The average Bonchev–Trinajstić information content (AvgIpc) is 2.89. The van der Waals surface area contributed by atoms with E-state index in [1.807, 2.05) is 12.1 Å². The third kappa shape index (κ3) is 4.50. The molecule has 1 aliphatic carbocycles. The Kier molecular flexibility index (Phi) is 5.86. The van der Waals surface area contributed by atoms with Gasteiger partial charge in [-0.25, -0.2) is 0 Å². The highest BCUT2D eigenvalue weighted by Crippen LogP contribution is 2.25. The van der Waals surface area contributed by atoms with Gasteiger partial charge in [-0.2, -0.15) is 0 Å². The SMILES string of the molecule is CCCOc1ccc(C(C)NCC2CCC(O)C2)cc1. The summed E-state index contributed by atoms with van der Waals surface area (Å²) in [7, 11) is 0. The van der Waals surface area contributed by atoms with Crippen LogP contribution in [-0.4, -0.2) is 24.4 Å². The zero-order valence-electron chi connectivity index (χ0n) is 12.6. The van der Waals surface area contributed by atoms with E-state index in [1.54, 1.807) is 0 Å². The van der Waals surface area contributed by atoms with Crippen LogP contribution in [0.2, 0.25) is 0 Å². The first-order valence-electron chi connectivity index (χ1n) is 7.83. The van der Waals surface area contributed by atoms with Crippen LogP contribution in [0.15, 0.2) is 24.3 Å². The Hall–Kier alpha value is -1.06. The maximum Gasteiger partial charge on any atom is 0.119 e. The molecule has 112 valence electrons. The lowest BCUT2D eigenvalue weighted by Gasteiger charge is -2.18. The first-order chi connectivity index (χ1) is 9.69. The van der Waals surface area contributed by atoms with Gasteiger partial charge in [-0.3, -0.25) is 0 Å². The summed E-state index contributed by atoms with van der Waals surface area (Å²) in [6.45, 7) is 6.07. The summed E-state index contributed by atoms with van der Waals surface area (Å²) in [5.41, 5.74) is 1.28. The van der Waals surface area contributed by atoms with E-state index in [9.17, 15) is 5.11 Å². The van der Waals surface area contributed by atoms with Crippen molar-refractivity contribution < 1.29 is 9.84 Å². The molecular weight excluding hydrogens is 250 g/mol. The molecule has 2 rings (SSSR count). The van der Waals surface area contributed by atoms with Crippen molar-refractivity contribution in [3.63, 3.8) is 0 Å². The van der Waals surface area contributed by atoms with E-state index in [2.05, 4.69) is 31.3 Å². The van der Waals surface area contributed by atoms with Gasteiger partial charge in [-0.1, -0.05) is 19.1 Å². The molecule has 0 radical (unpaired) electrons. The fourth-order valence-electron chi connectivity index (χ4n) is 2.77. The Morgan fingerprint density at radius 3 is 2.65 bits per heavy atom. The van der Waals surface area contributed by atoms with Gasteiger partial charge in [-0.05, 0) is 62.8 Å². The van der Waals surface area contributed by atoms with Crippen molar-refractivity contribution in [1.82, 2.24) is 5.32 Å². The molecule has 3 atom stereocenters. The first kappa shape index (κ1) is 15.3. The number of hydrogen-bond acceptors (Lipinski definition) is 3. The van der Waals surface area contributed by atoms with Gasteiger partial charge in [0.1, 0.15) is 5.75 Å². The number of ether oxygens (including phenoxy) is 1. The quantitative estimate of drug-likeness (QED) is 0.803. The summed E-state index contributed by atoms with van der Waals surface area (Å²) < 4.78 is 5.59. The van der Waals surface area contributed by atoms with Crippen molar-refractivity contribution in [3.8, 4) is 5.75 Å². The molecule has 0 saturated heterocycles. The van der Waals surface area contributed by atoms with Gasteiger partial charge < -0.3 is 15.2 Å². The standard InChI is InChI=1S/C17H27NO2/c1-3-10-20-17-8-5-15(6-9-17)13(2)18-12-14-4-7-16(19)11-14/h5-6,8-9,13-14,16,18-19H,3-4,7,10-12H2,1-2H3. The molecule has 1 fully saturated rings. The Morgan fingerprint density at radius 1 is 1.30 bits per heavy atom. The van der Waals surface area contributed by atoms with Crippen LogP contribution in [0.3, 0.4) is 0 Å². The van der Waals surface area contributed by atoms with Crippen LogP contribution in [0.25, 0.3) is 0 Å². The summed E-state index contributed by atoms with van der Waals surface area (Å²) >= 11 is 0. The molecular formula is C17H27NO2. The van der Waals surface area contributed by atoms with Gasteiger partial charge in [0.25, 0.3) is 0 Å². The summed E-state index contributed by atoms with van der Waals surface area (Å²) in [4.78, 5) is 0. The number of benzene rings is 1. The molecule has 0 aliphatic heterocycles. The van der Waals surface area contributed by atoms with Gasteiger partial charge in [0.15, 0.2) is 0 Å². The van der Waals surface area contributed by atoms with Crippen molar-refractivity contribution in [3.05, 3.63) is 29.8 Å². The molecule has 3 heteroatoms. The second kappa shape index (κ2) is 7.65. The van der Waals surface area contributed by atoms with E-state index < -0.39 is 0 Å². The van der Waals surface area contributed by atoms with Crippen LogP contribution in [0.1, 0.15) is 51.1 Å². The summed E-state index contributed by atoms with van der Waals surface area (Å²) in [5.74, 6) is 1.57. The molecule has 3 nitrogen and oxygen atoms in total. The lowest BCUT2D eigenvalue weighted by atomic mass is 10.1. The Labute approximate surface area is 122 Å². The Balaban J connectivity index is 1.78. The highest BCUT2D eigenvalue weighted by molar-refractivity contribution is 5.28. The normalized spacial score (nSPS) is 23.8. The monoisotopic (exact) mass is 277 g/mol. The van der Waals surface area contributed by atoms with Crippen LogP contribution < -0.4 is 10.1 Å². The summed E-state index contributed by atoms with van der Waals surface area (Å²) in [5, 5.41) is 13.1. The van der Waals surface area contributed by atoms with Crippen LogP contribution in [-0.2, 0) is 0 Å². The predicted octanol–water partition coefficient (Wildman–Crippen LogP) is 3.29. The maximum atomic E-state index is 9.54. The number of aliphatic hydroxyl groups excluding tert-OH is 1. The van der Waals surface area contributed by atoms with Crippen LogP contribution in [0.5, 0.6) is 5.75 Å². The number of aliphatic hydroxyl groups is 1. The molecule has 3 unspecified atom stereocenters. The van der Waals surface area contributed by atoms with Crippen molar-refractivity contribution >= 4 is 0 Å². The first-order valence-corrected chi connectivity index (χ1v) is 7.83. The van der Waals surface area contributed by atoms with E-state index in [0.29, 0.717) is 12.0 Å². The lowest BCUT2D eigenvalue weighted by molar-refractivity contribution is 0.177. The molecule has 1 aliphatic rings. The van der Waals surface area contributed by atoms with E-state index in [-0.39, 0.29) is 6.10 Å². The van der Waals surface area contributed by atoms with Gasteiger partial charge in [0.2, 0.25) is 0 Å². The molecule has 0 spiro atoms. The van der Waals surface area contributed by atoms with Gasteiger partial charge in [0, 0.05) is 6.04 Å². The average molecular weight is 277 g/mol. The second-order valence-electron chi connectivity index (χ2n) is 5.88. The van der Waals surface area contributed by atoms with E-state index in [4.69, 9.17) is 4.74 Å². The zero-order chi connectivity index (χ0) is 14.4. The molecule has 0 aromatic heterocycles. The van der Waals surface area contributed by atoms with Crippen LogP contribution in [0.4, 0.5) is 0 Å². The molecule has 0 amide bonds. The number of rotatable bonds is 7. The molecule has 1 aromatic rings. The van der Waals surface area contributed by atoms with Gasteiger partial charge >= 0.3 is 0 Å². The van der Waals surface area contributed by atoms with E-state index >= 15 is 0 Å². The fraction of sp³-hybridized carbons (Fsp3) is 0.647. The third-order valence-corrected chi connectivity index (χ3v) is 4.08. The van der Waals surface area contributed by atoms with Crippen LogP contribution >= 0.6 is 0 Å². The third-order valence-electron chi connectivity index (χ3n) is 4.08. The number of nitrogens with one attached hydrogen (secondary N) is 1. The molecule has 1 saturated carbocycles. The molecule has 20 heavy (non-hydrogen) atoms. The van der Waals surface area contributed by atoms with E-state index in [1.165, 1.54) is 5.56 Å². The van der Waals surface area contributed by atoms with Crippen molar-refractivity contribution in [2.45, 2.75) is 51.7 Å². The predicted molar refractivity (Wildman–Crippen MR) is 82.0 cm³/mol. The zero-order valence-corrected chi connectivity index (χ0v) is 12.6. The van der Waals surface area contributed by atoms with Crippen molar-refractivity contribution in [1.29, 1.82) is 0 Å². The molecule has 2 N–H and O–H groups in total. The summed E-state index contributed by atoms with van der Waals surface area (Å²) in [6, 6.07) is 8.69. The topological polar surface area (TPSA) is 41.5 Å². The lowest BCUT2D eigenvalue weighted by Crippen LogP contribution is -2.25. The number of hydrogen-bond donors (Lipinski definition) is 2. The molecule has 1 aromatic carbocycles. The molecule has 0 bridgehead atoms. The smallest absolute Gasteiger partial charge is 0.119 e. The molecule has 0 heterocycles. The largest absolute Gasteiger partial charge is 0.494 e.